The van der Waals surface area contributed by atoms with Crippen molar-refractivity contribution in [2.75, 3.05) is 19.7 Å². The lowest BCUT2D eigenvalue weighted by atomic mass is 10.2. The van der Waals surface area contributed by atoms with Gasteiger partial charge in [0, 0.05) is 26.1 Å². The fraction of sp³-hybridized carbons (Fsp3) is 1.00. The molecule has 1 unspecified atom stereocenters. The fourth-order valence-corrected chi connectivity index (χ4v) is 1.23. The van der Waals surface area contributed by atoms with Crippen molar-refractivity contribution < 1.29 is 10.2 Å². The van der Waals surface area contributed by atoms with Gasteiger partial charge in [-0.2, -0.15) is 0 Å². The maximum Gasteiger partial charge on any atom is 0.193 e. The van der Waals surface area contributed by atoms with Crippen molar-refractivity contribution in [1.82, 2.24) is 5.32 Å². The topological polar surface area (TPSA) is 78.5 Å². The van der Waals surface area contributed by atoms with Crippen molar-refractivity contribution in [2.24, 2.45) is 5.73 Å². The van der Waals surface area contributed by atoms with Crippen LogP contribution in [0.5, 0.6) is 0 Å². The highest BCUT2D eigenvalue weighted by Crippen LogP contribution is 2.15. The molecule has 0 saturated carbocycles. The molecule has 0 aliphatic rings. The molecule has 5 N–H and O–H groups in total. The van der Waals surface area contributed by atoms with Crippen LogP contribution >= 0.6 is 11.6 Å². The first-order chi connectivity index (χ1) is 6.12. The minimum Gasteiger partial charge on any atom is -0.396 e. The van der Waals surface area contributed by atoms with Crippen LogP contribution in [0, 0.1) is 0 Å². The van der Waals surface area contributed by atoms with E-state index in [0.29, 0.717) is 19.5 Å². The van der Waals surface area contributed by atoms with Gasteiger partial charge in [-0.1, -0.05) is 18.0 Å². The van der Waals surface area contributed by atoms with E-state index >= 15 is 0 Å². The first-order valence-corrected chi connectivity index (χ1v) is 4.97. The van der Waals surface area contributed by atoms with Crippen molar-refractivity contribution in [1.29, 1.82) is 0 Å². The fourth-order valence-electron chi connectivity index (χ4n) is 1.000. The first kappa shape index (κ1) is 13.1. The number of nitrogens with one attached hydrogen (secondary N) is 1. The summed E-state index contributed by atoms with van der Waals surface area (Å²) in [5, 5.41) is 19.4. The lowest BCUT2D eigenvalue weighted by Crippen LogP contribution is -2.42. The van der Waals surface area contributed by atoms with Crippen LogP contribution in [0.1, 0.15) is 25.7 Å². The van der Waals surface area contributed by atoms with E-state index < -0.39 is 5.18 Å². The monoisotopic (exact) mass is 210 g/mol. The Bertz CT molecular complexity index is 123. The number of hydrogen-bond donors (Lipinski definition) is 4. The van der Waals surface area contributed by atoms with Gasteiger partial charge in [-0.3, -0.25) is 5.32 Å². The third-order valence-corrected chi connectivity index (χ3v) is 2.03. The van der Waals surface area contributed by atoms with E-state index in [1.165, 1.54) is 0 Å². The molecule has 0 amide bonds. The molecular weight excluding hydrogens is 192 g/mol. The van der Waals surface area contributed by atoms with Crippen LogP contribution in [-0.2, 0) is 0 Å². The van der Waals surface area contributed by atoms with E-state index in [0.717, 1.165) is 19.3 Å². The van der Waals surface area contributed by atoms with Crippen molar-refractivity contribution in [3.05, 3.63) is 0 Å². The van der Waals surface area contributed by atoms with Crippen molar-refractivity contribution in [3.63, 3.8) is 0 Å². The zero-order valence-electron chi connectivity index (χ0n) is 7.80. The molecule has 0 aromatic rings. The maximum absolute atomic E-state index is 9.48. The quantitative estimate of drug-likeness (QED) is 0.196. The predicted molar refractivity (Wildman–Crippen MR) is 53.4 cm³/mol. The van der Waals surface area contributed by atoms with Gasteiger partial charge in [-0.25, -0.2) is 0 Å². The Kier molecular flexibility index (Phi) is 7.60. The summed E-state index contributed by atoms with van der Waals surface area (Å²) >= 11 is 5.72. The Morgan fingerprint density at radius 3 is 2.54 bits per heavy atom. The molecule has 0 bridgehead atoms. The minimum atomic E-state index is -1.34. The summed E-state index contributed by atoms with van der Waals surface area (Å²) < 4.78 is 0. The van der Waals surface area contributed by atoms with Gasteiger partial charge in [0.15, 0.2) is 5.18 Å². The summed E-state index contributed by atoms with van der Waals surface area (Å²) in [6.45, 7) is 1.14. The van der Waals surface area contributed by atoms with Gasteiger partial charge in [-0.05, 0) is 12.8 Å². The van der Waals surface area contributed by atoms with Crippen molar-refractivity contribution >= 4 is 11.6 Å². The number of hydrogen-bond acceptors (Lipinski definition) is 4. The zero-order chi connectivity index (χ0) is 10.2. The standard InChI is InChI=1S/C8H19ClN2O2/c9-8(13,11-6-5-10)4-2-1-3-7-12/h11-13H,1-7,10H2. The maximum atomic E-state index is 9.48. The second-order valence-corrected chi connectivity index (χ2v) is 3.63. The number of unbranched alkanes of at least 4 members (excludes halogenated alkanes) is 2. The molecule has 0 rings (SSSR count). The van der Waals surface area contributed by atoms with Gasteiger partial charge < -0.3 is 15.9 Å². The number of alkyl halides is 1. The van der Waals surface area contributed by atoms with Gasteiger partial charge in [-0.15, -0.1) is 0 Å². The molecule has 80 valence electrons. The molecule has 0 heterocycles. The second kappa shape index (κ2) is 7.53. The average Bonchev–Trinajstić information content (AvgIpc) is 2.09. The summed E-state index contributed by atoms with van der Waals surface area (Å²) in [5.74, 6) is 0. The van der Waals surface area contributed by atoms with Crippen LogP contribution < -0.4 is 11.1 Å². The van der Waals surface area contributed by atoms with Gasteiger partial charge in [0.25, 0.3) is 0 Å². The van der Waals surface area contributed by atoms with Gasteiger partial charge in [0.1, 0.15) is 0 Å². The summed E-state index contributed by atoms with van der Waals surface area (Å²) in [7, 11) is 0. The summed E-state index contributed by atoms with van der Waals surface area (Å²) in [6.07, 6.45) is 2.88. The molecule has 0 radical (unpaired) electrons. The Labute approximate surface area is 84.1 Å². The third-order valence-electron chi connectivity index (χ3n) is 1.71. The number of rotatable bonds is 8. The number of halogens is 1. The summed E-state index contributed by atoms with van der Waals surface area (Å²) in [4.78, 5) is 0. The third kappa shape index (κ3) is 8.46. The SMILES string of the molecule is NCCNC(O)(Cl)CCCCCO. The van der Waals surface area contributed by atoms with E-state index in [2.05, 4.69) is 5.32 Å². The Hall–Kier alpha value is 0.130. The second-order valence-electron chi connectivity index (χ2n) is 3.01. The lowest BCUT2D eigenvalue weighted by molar-refractivity contribution is 0.0798. The zero-order valence-corrected chi connectivity index (χ0v) is 8.56. The van der Waals surface area contributed by atoms with E-state index in [-0.39, 0.29) is 6.61 Å². The van der Waals surface area contributed by atoms with Crippen LogP contribution in [0.15, 0.2) is 0 Å². The Morgan fingerprint density at radius 1 is 1.31 bits per heavy atom. The number of aliphatic hydroxyl groups is 2. The van der Waals surface area contributed by atoms with Crippen LogP contribution in [0.25, 0.3) is 0 Å². The van der Waals surface area contributed by atoms with Gasteiger partial charge in [0.05, 0.1) is 0 Å². The van der Waals surface area contributed by atoms with Crippen LogP contribution in [0.3, 0.4) is 0 Å². The Balaban J connectivity index is 3.39. The van der Waals surface area contributed by atoms with Crippen molar-refractivity contribution in [3.8, 4) is 0 Å². The largest absolute Gasteiger partial charge is 0.396 e. The van der Waals surface area contributed by atoms with E-state index in [4.69, 9.17) is 22.4 Å². The molecular formula is C8H19ClN2O2. The normalized spacial score (nSPS) is 15.7. The summed E-state index contributed by atoms with van der Waals surface area (Å²) in [6, 6.07) is 0. The number of aliphatic hydroxyl groups excluding tert-OH is 1. The minimum absolute atomic E-state index is 0.191. The highest BCUT2D eigenvalue weighted by molar-refractivity contribution is 6.22. The molecule has 0 spiro atoms. The van der Waals surface area contributed by atoms with Gasteiger partial charge in [0.2, 0.25) is 0 Å². The highest BCUT2D eigenvalue weighted by atomic mass is 35.5. The molecule has 0 aliphatic carbocycles. The van der Waals surface area contributed by atoms with Crippen LogP contribution in [0.4, 0.5) is 0 Å². The average molecular weight is 211 g/mol. The molecule has 0 aliphatic heterocycles. The molecule has 13 heavy (non-hydrogen) atoms. The molecule has 1 atom stereocenters. The first-order valence-electron chi connectivity index (χ1n) is 4.59. The smallest absolute Gasteiger partial charge is 0.193 e. The molecule has 0 saturated heterocycles. The molecule has 0 aromatic carbocycles. The molecule has 5 heteroatoms. The highest BCUT2D eigenvalue weighted by Gasteiger charge is 2.20. The summed E-state index contributed by atoms with van der Waals surface area (Å²) in [5.41, 5.74) is 5.25. The van der Waals surface area contributed by atoms with E-state index in [9.17, 15) is 5.11 Å². The molecule has 4 nitrogen and oxygen atoms in total. The lowest BCUT2D eigenvalue weighted by Gasteiger charge is -2.21. The molecule has 0 aromatic heterocycles. The van der Waals surface area contributed by atoms with E-state index in [1.807, 2.05) is 0 Å². The molecule has 0 fully saturated rings. The van der Waals surface area contributed by atoms with E-state index in [1.54, 1.807) is 0 Å². The predicted octanol–water partition coefficient (Wildman–Crippen LogP) is -0.0277. The van der Waals surface area contributed by atoms with Crippen molar-refractivity contribution in [2.45, 2.75) is 30.9 Å². The van der Waals surface area contributed by atoms with Gasteiger partial charge >= 0.3 is 0 Å². The van der Waals surface area contributed by atoms with Crippen LogP contribution in [0.2, 0.25) is 0 Å². The number of nitrogens with two attached hydrogens (primary N) is 1. The van der Waals surface area contributed by atoms with Crippen LogP contribution in [-0.4, -0.2) is 35.1 Å². The Morgan fingerprint density at radius 2 is 2.00 bits per heavy atom.